The molecule has 1 aromatic rings. The fourth-order valence-electron chi connectivity index (χ4n) is 2.30. The maximum Gasteiger partial charge on any atom is 0.235 e. The highest BCUT2D eigenvalue weighted by Gasteiger charge is 2.46. The molecular weight excluding hydrogens is 190 g/mol. The predicted octanol–water partition coefficient (Wildman–Crippen LogP) is 1.95. The summed E-state index contributed by atoms with van der Waals surface area (Å²) < 4.78 is 5.50. The van der Waals surface area contributed by atoms with E-state index in [2.05, 4.69) is 11.1 Å². The van der Waals surface area contributed by atoms with Gasteiger partial charge in [-0.15, -0.1) is 0 Å². The van der Waals surface area contributed by atoms with Crippen molar-refractivity contribution in [1.82, 2.24) is 0 Å². The zero-order valence-electron chi connectivity index (χ0n) is 8.32. The van der Waals surface area contributed by atoms with E-state index in [4.69, 9.17) is 4.74 Å². The number of isocyanates is 1. The van der Waals surface area contributed by atoms with Gasteiger partial charge in [-0.2, -0.15) is 4.99 Å². The van der Waals surface area contributed by atoms with Crippen LogP contribution in [-0.2, 0) is 16.8 Å². The molecule has 3 heteroatoms. The molecule has 1 fully saturated rings. The van der Waals surface area contributed by atoms with E-state index in [1.165, 1.54) is 11.1 Å². The van der Waals surface area contributed by atoms with Crippen LogP contribution in [0.25, 0.3) is 0 Å². The maximum atomic E-state index is 10.4. The molecule has 0 unspecified atom stereocenters. The Bertz CT molecular complexity index is 457. The highest BCUT2D eigenvalue weighted by Crippen LogP contribution is 2.52. The van der Waals surface area contributed by atoms with Gasteiger partial charge in [0.2, 0.25) is 6.08 Å². The molecule has 15 heavy (non-hydrogen) atoms. The van der Waals surface area contributed by atoms with Crippen LogP contribution in [0.2, 0.25) is 0 Å². The molecule has 0 radical (unpaired) electrons. The summed E-state index contributed by atoms with van der Waals surface area (Å²) in [5.41, 5.74) is 2.13. The van der Waals surface area contributed by atoms with Crippen LogP contribution in [0.15, 0.2) is 23.2 Å². The van der Waals surface area contributed by atoms with Crippen molar-refractivity contribution >= 4 is 6.08 Å². The van der Waals surface area contributed by atoms with Crippen molar-refractivity contribution in [1.29, 1.82) is 0 Å². The van der Waals surface area contributed by atoms with Crippen LogP contribution in [-0.4, -0.2) is 12.7 Å². The van der Waals surface area contributed by atoms with Crippen LogP contribution in [0.4, 0.5) is 0 Å². The highest BCUT2D eigenvalue weighted by molar-refractivity contribution is 5.50. The molecule has 0 amide bonds. The average molecular weight is 201 g/mol. The van der Waals surface area contributed by atoms with E-state index in [1.54, 1.807) is 6.08 Å². The molecule has 76 valence electrons. The molecule has 0 bridgehead atoms. The van der Waals surface area contributed by atoms with Gasteiger partial charge in [0.25, 0.3) is 0 Å². The fourth-order valence-corrected chi connectivity index (χ4v) is 2.30. The minimum Gasteiger partial charge on any atom is -0.493 e. The summed E-state index contributed by atoms with van der Waals surface area (Å²) in [5, 5.41) is 0. The van der Waals surface area contributed by atoms with Gasteiger partial charge in [-0.1, -0.05) is 12.1 Å². The van der Waals surface area contributed by atoms with Crippen LogP contribution < -0.4 is 4.74 Å². The molecule has 1 aliphatic carbocycles. The Morgan fingerprint density at radius 1 is 1.40 bits per heavy atom. The van der Waals surface area contributed by atoms with Gasteiger partial charge in [0.15, 0.2) is 0 Å². The summed E-state index contributed by atoms with van der Waals surface area (Å²) in [4.78, 5) is 14.4. The molecule has 1 aliphatic heterocycles. The number of hydrogen-bond donors (Lipinski definition) is 0. The van der Waals surface area contributed by atoms with Crippen molar-refractivity contribution < 1.29 is 9.53 Å². The Kier molecular flexibility index (Phi) is 1.70. The first-order chi connectivity index (χ1) is 7.36. The molecule has 1 saturated carbocycles. The number of fused-ring (bicyclic) bond motifs is 1. The molecular formula is C12H11NO2. The van der Waals surface area contributed by atoms with Gasteiger partial charge in [-0.25, -0.2) is 4.79 Å². The second-order valence-corrected chi connectivity index (χ2v) is 4.12. The Labute approximate surface area is 87.8 Å². The van der Waals surface area contributed by atoms with Gasteiger partial charge in [-0.3, -0.25) is 0 Å². The minimum absolute atomic E-state index is 0.263. The van der Waals surface area contributed by atoms with Crippen molar-refractivity contribution in [3.8, 4) is 5.75 Å². The standard InChI is InChI=1S/C12H11NO2/c14-8-13-12(5-6-12)10-2-1-3-11-9(10)4-7-15-11/h1-3H,4-7H2. The average Bonchev–Trinajstić information content (AvgIpc) is 2.88. The molecule has 2 aliphatic rings. The number of benzene rings is 1. The lowest BCUT2D eigenvalue weighted by molar-refractivity contribution is 0.357. The normalized spacial score (nSPS) is 20.0. The van der Waals surface area contributed by atoms with E-state index in [1.807, 2.05) is 12.1 Å². The number of carbonyl (C=O) groups excluding carboxylic acids is 1. The first-order valence-electron chi connectivity index (χ1n) is 5.20. The van der Waals surface area contributed by atoms with Gasteiger partial charge < -0.3 is 4.74 Å². The van der Waals surface area contributed by atoms with Crippen LogP contribution >= 0.6 is 0 Å². The van der Waals surface area contributed by atoms with Crippen LogP contribution in [0.1, 0.15) is 24.0 Å². The number of hydrogen-bond acceptors (Lipinski definition) is 3. The van der Waals surface area contributed by atoms with Gasteiger partial charge in [0.05, 0.1) is 12.1 Å². The Balaban J connectivity index is 2.13. The van der Waals surface area contributed by atoms with Crippen LogP contribution in [0.3, 0.4) is 0 Å². The van der Waals surface area contributed by atoms with Gasteiger partial charge in [0.1, 0.15) is 5.75 Å². The SMILES string of the molecule is O=C=NC1(c2cccc3c2CCO3)CC1. The lowest BCUT2D eigenvalue weighted by Gasteiger charge is -2.11. The monoisotopic (exact) mass is 201 g/mol. The van der Waals surface area contributed by atoms with Crippen LogP contribution in [0, 0.1) is 0 Å². The summed E-state index contributed by atoms with van der Waals surface area (Å²) in [6.07, 6.45) is 4.54. The van der Waals surface area contributed by atoms with E-state index >= 15 is 0 Å². The van der Waals surface area contributed by atoms with E-state index in [9.17, 15) is 4.79 Å². The van der Waals surface area contributed by atoms with Crippen molar-refractivity contribution in [2.24, 2.45) is 4.99 Å². The molecule has 3 rings (SSSR count). The number of rotatable bonds is 2. The second kappa shape index (κ2) is 2.94. The second-order valence-electron chi connectivity index (χ2n) is 4.12. The summed E-state index contributed by atoms with van der Waals surface area (Å²) in [5.74, 6) is 0.958. The third-order valence-electron chi connectivity index (χ3n) is 3.23. The molecule has 0 spiro atoms. The first kappa shape index (κ1) is 8.69. The lowest BCUT2D eigenvalue weighted by atomic mass is 9.97. The molecule has 1 aromatic carbocycles. The fraction of sp³-hybridized carbons (Fsp3) is 0.417. The Morgan fingerprint density at radius 2 is 2.27 bits per heavy atom. The van der Waals surface area contributed by atoms with Gasteiger partial charge in [-0.05, 0) is 24.5 Å². The summed E-state index contributed by atoms with van der Waals surface area (Å²) >= 11 is 0. The topological polar surface area (TPSA) is 38.7 Å². The van der Waals surface area contributed by atoms with Gasteiger partial charge >= 0.3 is 0 Å². The maximum absolute atomic E-state index is 10.4. The van der Waals surface area contributed by atoms with Crippen molar-refractivity contribution in [3.63, 3.8) is 0 Å². The van der Waals surface area contributed by atoms with Crippen molar-refractivity contribution in [3.05, 3.63) is 29.3 Å². The molecule has 0 atom stereocenters. The molecule has 0 N–H and O–H groups in total. The number of ether oxygens (including phenoxy) is 1. The Hall–Kier alpha value is -1.60. The lowest BCUT2D eigenvalue weighted by Crippen LogP contribution is -2.05. The smallest absolute Gasteiger partial charge is 0.235 e. The molecule has 1 heterocycles. The van der Waals surface area contributed by atoms with Crippen LogP contribution in [0.5, 0.6) is 5.75 Å². The van der Waals surface area contributed by atoms with Crippen molar-refractivity contribution in [2.45, 2.75) is 24.8 Å². The zero-order chi connectivity index (χ0) is 10.3. The zero-order valence-corrected chi connectivity index (χ0v) is 8.32. The third-order valence-corrected chi connectivity index (χ3v) is 3.23. The molecule has 3 nitrogen and oxygen atoms in total. The predicted molar refractivity (Wildman–Crippen MR) is 54.7 cm³/mol. The largest absolute Gasteiger partial charge is 0.493 e. The van der Waals surface area contributed by atoms with E-state index in [-0.39, 0.29) is 5.54 Å². The Morgan fingerprint density at radius 3 is 3.00 bits per heavy atom. The van der Waals surface area contributed by atoms with E-state index < -0.39 is 0 Å². The number of nitrogens with zero attached hydrogens (tertiary/aromatic N) is 1. The molecule has 0 aromatic heterocycles. The highest BCUT2D eigenvalue weighted by atomic mass is 16.5. The summed E-state index contributed by atoms with van der Waals surface area (Å²) in [6, 6.07) is 6.01. The third kappa shape index (κ3) is 1.20. The summed E-state index contributed by atoms with van der Waals surface area (Å²) in [7, 11) is 0. The quantitative estimate of drug-likeness (QED) is 0.542. The van der Waals surface area contributed by atoms with Gasteiger partial charge in [0, 0.05) is 12.0 Å². The first-order valence-corrected chi connectivity index (χ1v) is 5.20. The van der Waals surface area contributed by atoms with E-state index in [0.29, 0.717) is 0 Å². The molecule has 0 saturated heterocycles. The van der Waals surface area contributed by atoms with Crippen molar-refractivity contribution in [2.75, 3.05) is 6.61 Å². The van der Waals surface area contributed by atoms with E-state index in [0.717, 1.165) is 31.6 Å². The summed E-state index contributed by atoms with van der Waals surface area (Å²) in [6.45, 7) is 0.743. The minimum atomic E-state index is -0.263. The number of aliphatic imine (C=N–C) groups is 1.